The molecule has 2 N–H and O–H groups in total. The Morgan fingerprint density at radius 3 is 2.53 bits per heavy atom. The Morgan fingerprint density at radius 1 is 1.33 bits per heavy atom. The Kier molecular flexibility index (Phi) is 2.44. The number of rotatable bonds is 1. The summed E-state index contributed by atoms with van der Waals surface area (Å²) in [6.45, 7) is 2.81. The molecule has 1 aromatic carbocycles. The first kappa shape index (κ1) is 10.1. The number of benzene rings is 1. The van der Waals surface area contributed by atoms with Crippen molar-refractivity contribution in [2.75, 3.05) is 13.1 Å². The summed E-state index contributed by atoms with van der Waals surface area (Å²) in [6.07, 6.45) is 0. The van der Waals surface area contributed by atoms with Crippen LogP contribution in [0.15, 0.2) is 24.3 Å². The van der Waals surface area contributed by atoms with Crippen LogP contribution < -0.4 is 10.6 Å². The van der Waals surface area contributed by atoms with Gasteiger partial charge in [-0.1, -0.05) is 12.1 Å². The van der Waals surface area contributed by atoms with Crippen LogP contribution in [0.4, 0.5) is 4.39 Å². The highest BCUT2D eigenvalue weighted by atomic mass is 19.1. The number of hydrogen-bond donors (Lipinski definition) is 2. The van der Waals surface area contributed by atoms with Crippen LogP contribution in [0.1, 0.15) is 12.5 Å². The third-order valence-electron chi connectivity index (χ3n) is 2.76. The summed E-state index contributed by atoms with van der Waals surface area (Å²) < 4.78 is 12.8. The maximum absolute atomic E-state index is 12.8. The molecule has 15 heavy (non-hydrogen) atoms. The zero-order valence-electron chi connectivity index (χ0n) is 8.51. The number of carbonyl (C=O) groups is 1. The lowest BCUT2D eigenvalue weighted by Crippen LogP contribution is -2.57. The Balaban J connectivity index is 2.22. The molecule has 0 bridgehead atoms. The van der Waals surface area contributed by atoms with Crippen molar-refractivity contribution >= 4 is 5.91 Å². The van der Waals surface area contributed by atoms with Gasteiger partial charge in [-0.15, -0.1) is 0 Å². The maximum Gasteiger partial charge on any atom is 0.234 e. The number of hydrogen-bond acceptors (Lipinski definition) is 2. The monoisotopic (exact) mass is 208 g/mol. The van der Waals surface area contributed by atoms with Gasteiger partial charge in [-0.2, -0.15) is 0 Å². The first-order chi connectivity index (χ1) is 7.10. The van der Waals surface area contributed by atoms with Gasteiger partial charge in [-0.3, -0.25) is 10.1 Å². The Labute approximate surface area is 87.7 Å². The van der Waals surface area contributed by atoms with Crippen LogP contribution in [0.25, 0.3) is 0 Å². The fourth-order valence-electron chi connectivity index (χ4n) is 1.70. The molecule has 0 aliphatic carbocycles. The summed E-state index contributed by atoms with van der Waals surface area (Å²) in [5.74, 6) is -0.253. The lowest BCUT2D eigenvalue weighted by atomic mass is 9.90. The van der Waals surface area contributed by atoms with Gasteiger partial charge in [0.15, 0.2) is 0 Å². The van der Waals surface area contributed by atoms with E-state index in [1.165, 1.54) is 12.1 Å². The Bertz CT molecular complexity index is 365. The van der Waals surface area contributed by atoms with Crippen molar-refractivity contribution in [3.05, 3.63) is 35.6 Å². The van der Waals surface area contributed by atoms with Crippen LogP contribution in [0.2, 0.25) is 0 Å². The van der Waals surface area contributed by atoms with E-state index in [1.54, 1.807) is 12.1 Å². The highest BCUT2D eigenvalue weighted by Gasteiger charge is 2.30. The quantitative estimate of drug-likeness (QED) is 0.715. The minimum absolute atomic E-state index is 0.00501. The van der Waals surface area contributed by atoms with Crippen molar-refractivity contribution < 1.29 is 9.18 Å². The highest BCUT2D eigenvalue weighted by Crippen LogP contribution is 2.21. The zero-order valence-corrected chi connectivity index (χ0v) is 8.51. The Hall–Kier alpha value is -1.42. The lowest BCUT2D eigenvalue weighted by Gasteiger charge is -2.35. The zero-order chi connectivity index (χ0) is 10.9. The van der Waals surface area contributed by atoms with E-state index in [9.17, 15) is 9.18 Å². The minimum Gasteiger partial charge on any atom is -0.353 e. The summed E-state index contributed by atoms with van der Waals surface area (Å²) in [4.78, 5) is 11.0. The molecule has 1 aromatic rings. The summed E-state index contributed by atoms with van der Waals surface area (Å²) in [5.41, 5.74) is 0.672. The van der Waals surface area contributed by atoms with E-state index in [0.717, 1.165) is 5.56 Å². The molecular weight excluding hydrogens is 195 g/mol. The highest BCUT2D eigenvalue weighted by molar-refractivity contribution is 5.79. The van der Waals surface area contributed by atoms with Gasteiger partial charge in [0.2, 0.25) is 5.91 Å². The van der Waals surface area contributed by atoms with E-state index in [-0.39, 0.29) is 17.3 Å². The fourth-order valence-corrected chi connectivity index (χ4v) is 1.70. The van der Waals surface area contributed by atoms with Crippen LogP contribution in [0, 0.1) is 5.82 Å². The number of nitrogens with one attached hydrogen (secondary N) is 2. The van der Waals surface area contributed by atoms with E-state index < -0.39 is 0 Å². The molecule has 0 radical (unpaired) electrons. The van der Waals surface area contributed by atoms with Gasteiger partial charge in [0, 0.05) is 6.54 Å². The van der Waals surface area contributed by atoms with Gasteiger partial charge in [0.25, 0.3) is 0 Å². The van der Waals surface area contributed by atoms with Crippen LogP contribution in [-0.4, -0.2) is 19.0 Å². The second kappa shape index (κ2) is 3.62. The number of carbonyl (C=O) groups excluding carboxylic acids is 1. The molecule has 2 rings (SSSR count). The molecule has 1 heterocycles. The largest absolute Gasteiger partial charge is 0.353 e. The molecule has 0 saturated carbocycles. The average molecular weight is 208 g/mol. The predicted octanol–water partition coefficient (Wildman–Crippen LogP) is 0.760. The molecule has 1 saturated heterocycles. The van der Waals surface area contributed by atoms with E-state index in [4.69, 9.17) is 0 Å². The van der Waals surface area contributed by atoms with Gasteiger partial charge >= 0.3 is 0 Å². The van der Waals surface area contributed by atoms with Crippen LogP contribution in [-0.2, 0) is 10.3 Å². The molecule has 0 spiro atoms. The van der Waals surface area contributed by atoms with E-state index in [0.29, 0.717) is 13.1 Å². The first-order valence-corrected chi connectivity index (χ1v) is 4.88. The molecule has 4 heteroatoms. The van der Waals surface area contributed by atoms with Crippen LogP contribution in [0.3, 0.4) is 0 Å². The summed E-state index contributed by atoms with van der Waals surface area (Å²) >= 11 is 0. The SMILES string of the molecule is CC1(c2ccc(F)cc2)CNC(=O)CN1. The number of amides is 1. The average Bonchev–Trinajstić information content (AvgIpc) is 2.24. The van der Waals surface area contributed by atoms with Gasteiger partial charge in [0.1, 0.15) is 5.82 Å². The van der Waals surface area contributed by atoms with Crippen LogP contribution >= 0.6 is 0 Å². The maximum atomic E-state index is 12.8. The minimum atomic E-state index is -0.304. The van der Waals surface area contributed by atoms with Crippen molar-refractivity contribution in [3.8, 4) is 0 Å². The molecule has 3 nitrogen and oxygen atoms in total. The van der Waals surface area contributed by atoms with Crippen molar-refractivity contribution in [2.24, 2.45) is 0 Å². The van der Waals surface area contributed by atoms with Crippen LogP contribution in [0.5, 0.6) is 0 Å². The molecule has 1 unspecified atom stereocenters. The van der Waals surface area contributed by atoms with Crippen molar-refractivity contribution in [3.63, 3.8) is 0 Å². The van der Waals surface area contributed by atoms with E-state index >= 15 is 0 Å². The smallest absolute Gasteiger partial charge is 0.234 e. The van der Waals surface area contributed by atoms with Crippen molar-refractivity contribution in [1.82, 2.24) is 10.6 Å². The molecular formula is C11H13FN2O. The predicted molar refractivity (Wildman–Crippen MR) is 54.8 cm³/mol. The van der Waals surface area contributed by atoms with Gasteiger partial charge in [0.05, 0.1) is 12.1 Å². The van der Waals surface area contributed by atoms with Crippen molar-refractivity contribution in [1.29, 1.82) is 0 Å². The first-order valence-electron chi connectivity index (χ1n) is 4.88. The normalized spacial score (nSPS) is 26.1. The van der Waals surface area contributed by atoms with Gasteiger partial charge < -0.3 is 5.32 Å². The van der Waals surface area contributed by atoms with E-state index in [2.05, 4.69) is 10.6 Å². The Morgan fingerprint density at radius 2 is 2.00 bits per heavy atom. The second-order valence-electron chi connectivity index (χ2n) is 3.97. The third kappa shape index (κ3) is 1.99. The lowest BCUT2D eigenvalue weighted by molar-refractivity contribution is -0.122. The summed E-state index contributed by atoms with van der Waals surface area (Å²) in [7, 11) is 0. The third-order valence-corrected chi connectivity index (χ3v) is 2.76. The topological polar surface area (TPSA) is 41.1 Å². The molecule has 1 fully saturated rings. The van der Waals surface area contributed by atoms with Gasteiger partial charge in [-0.25, -0.2) is 4.39 Å². The fraction of sp³-hybridized carbons (Fsp3) is 0.364. The number of piperazine rings is 1. The standard InChI is InChI=1S/C11H13FN2O/c1-11(7-13-10(15)6-14-11)8-2-4-9(12)5-3-8/h2-5,14H,6-7H2,1H3,(H,13,15). The van der Waals surface area contributed by atoms with Gasteiger partial charge in [-0.05, 0) is 24.6 Å². The molecule has 1 atom stereocenters. The van der Waals surface area contributed by atoms with E-state index in [1.807, 2.05) is 6.92 Å². The second-order valence-corrected chi connectivity index (χ2v) is 3.97. The molecule has 1 amide bonds. The summed E-state index contributed by atoms with van der Waals surface area (Å²) in [6, 6.07) is 6.33. The van der Waals surface area contributed by atoms with Crippen molar-refractivity contribution in [2.45, 2.75) is 12.5 Å². The molecule has 0 aromatic heterocycles. The molecule has 1 aliphatic rings. The number of halogens is 1. The molecule has 1 aliphatic heterocycles. The molecule has 80 valence electrons. The summed E-state index contributed by atoms with van der Waals surface area (Å²) in [5, 5.41) is 5.94.